The number of fused-ring (bicyclic) bond motifs is 1. The van der Waals surface area contributed by atoms with Gasteiger partial charge in [0, 0.05) is 0 Å². The van der Waals surface area contributed by atoms with Gasteiger partial charge in [-0.3, -0.25) is 0 Å². The van der Waals surface area contributed by atoms with E-state index < -0.39 is 5.97 Å². The summed E-state index contributed by atoms with van der Waals surface area (Å²) < 4.78 is 5.50. The predicted molar refractivity (Wildman–Crippen MR) is 58.0 cm³/mol. The Balaban J connectivity index is 2.64. The second-order valence-corrected chi connectivity index (χ2v) is 4.91. The van der Waals surface area contributed by atoms with Crippen molar-refractivity contribution in [3.05, 3.63) is 9.88 Å². The third-order valence-electron chi connectivity index (χ3n) is 1.76. The van der Waals surface area contributed by atoms with Crippen LogP contribution in [0.15, 0.2) is 0 Å². The van der Waals surface area contributed by atoms with E-state index in [9.17, 15) is 4.79 Å². The number of carbonyl (C=O) groups is 1. The van der Waals surface area contributed by atoms with Crippen molar-refractivity contribution >= 4 is 43.9 Å². The molecule has 0 bridgehead atoms. The number of nitrogen functional groups attached to an aromatic ring is 1. The lowest BCUT2D eigenvalue weighted by Gasteiger charge is -1.95. The standard InChI is InChI=1S/C8H8N2O2S2/c1-3-10-7-5(13-3)4(9)6(14-7)8(11)12-2/h9H2,1-2H3. The Morgan fingerprint density at radius 1 is 1.50 bits per heavy atom. The van der Waals surface area contributed by atoms with Crippen molar-refractivity contribution < 1.29 is 9.53 Å². The maximum atomic E-state index is 11.3. The van der Waals surface area contributed by atoms with Crippen molar-refractivity contribution in [2.24, 2.45) is 0 Å². The number of aryl methyl sites for hydroxylation is 1. The van der Waals surface area contributed by atoms with Gasteiger partial charge in [0.2, 0.25) is 0 Å². The molecule has 2 aromatic heterocycles. The van der Waals surface area contributed by atoms with Crippen LogP contribution in [-0.2, 0) is 4.74 Å². The lowest BCUT2D eigenvalue weighted by molar-refractivity contribution is 0.0607. The molecule has 2 aromatic rings. The average Bonchev–Trinajstić information content (AvgIpc) is 2.64. The first-order valence-corrected chi connectivity index (χ1v) is 5.50. The molecule has 0 aromatic carbocycles. The van der Waals surface area contributed by atoms with Crippen molar-refractivity contribution in [2.75, 3.05) is 12.8 Å². The molecule has 2 rings (SSSR count). The van der Waals surface area contributed by atoms with Crippen LogP contribution < -0.4 is 5.73 Å². The zero-order chi connectivity index (χ0) is 10.3. The molecule has 0 aliphatic carbocycles. The molecule has 0 unspecified atom stereocenters. The summed E-state index contributed by atoms with van der Waals surface area (Å²) in [5, 5.41) is 0.953. The molecule has 6 heteroatoms. The van der Waals surface area contributed by atoms with Crippen molar-refractivity contribution in [1.29, 1.82) is 0 Å². The van der Waals surface area contributed by atoms with Gasteiger partial charge in [-0.2, -0.15) is 0 Å². The van der Waals surface area contributed by atoms with Gasteiger partial charge in [-0.15, -0.1) is 22.7 Å². The molecule has 0 saturated heterocycles. The number of ether oxygens (including phenoxy) is 1. The minimum Gasteiger partial charge on any atom is -0.465 e. The van der Waals surface area contributed by atoms with Gasteiger partial charge in [-0.05, 0) is 6.92 Å². The minimum absolute atomic E-state index is 0.393. The summed E-state index contributed by atoms with van der Waals surface area (Å²) in [7, 11) is 1.34. The van der Waals surface area contributed by atoms with E-state index >= 15 is 0 Å². The molecule has 2 N–H and O–H groups in total. The van der Waals surface area contributed by atoms with Crippen molar-refractivity contribution in [1.82, 2.24) is 4.98 Å². The van der Waals surface area contributed by atoms with Crippen molar-refractivity contribution in [3.8, 4) is 0 Å². The maximum Gasteiger partial charge on any atom is 0.350 e. The van der Waals surface area contributed by atoms with E-state index in [0.29, 0.717) is 10.6 Å². The molecule has 2 heterocycles. The average molecular weight is 228 g/mol. The Kier molecular flexibility index (Phi) is 2.16. The van der Waals surface area contributed by atoms with E-state index in [1.165, 1.54) is 29.8 Å². The fourth-order valence-electron chi connectivity index (χ4n) is 1.15. The van der Waals surface area contributed by atoms with Crippen LogP contribution in [-0.4, -0.2) is 18.1 Å². The molecule has 0 aliphatic heterocycles. The summed E-state index contributed by atoms with van der Waals surface area (Å²) >= 11 is 2.77. The van der Waals surface area contributed by atoms with Gasteiger partial charge in [-0.25, -0.2) is 9.78 Å². The third kappa shape index (κ3) is 1.27. The van der Waals surface area contributed by atoms with E-state index in [1.807, 2.05) is 6.92 Å². The maximum absolute atomic E-state index is 11.3. The van der Waals surface area contributed by atoms with Crippen LogP contribution in [0.4, 0.5) is 5.69 Å². The van der Waals surface area contributed by atoms with Crippen molar-refractivity contribution in [2.45, 2.75) is 6.92 Å². The number of nitrogens with two attached hydrogens (primary N) is 1. The normalized spacial score (nSPS) is 10.7. The van der Waals surface area contributed by atoms with Gasteiger partial charge < -0.3 is 10.5 Å². The summed E-state index contributed by atoms with van der Waals surface area (Å²) in [5.74, 6) is -0.393. The molecule has 0 atom stereocenters. The number of methoxy groups -OCH3 is 1. The topological polar surface area (TPSA) is 65.2 Å². The number of aromatic nitrogens is 1. The number of anilines is 1. The van der Waals surface area contributed by atoms with Crippen LogP contribution in [0.5, 0.6) is 0 Å². The second kappa shape index (κ2) is 3.21. The van der Waals surface area contributed by atoms with E-state index in [-0.39, 0.29) is 0 Å². The SMILES string of the molecule is COC(=O)c1sc2nc(C)sc2c1N. The molecule has 74 valence electrons. The molecule has 0 amide bonds. The Hall–Kier alpha value is -1.14. The van der Waals surface area contributed by atoms with Crippen LogP contribution in [0.3, 0.4) is 0 Å². The highest BCUT2D eigenvalue weighted by molar-refractivity contribution is 7.29. The highest BCUT2D eigenvalue weighted by Gasteiger charge is 2.19. The molecule has 14 heavy (non-hydrogen) atoms. The Morgan fingerprint density at radius 3 is 2.79 bits per heavy atom. The molecule has 0 spiro atoms. The Morgan fingerprint density at radius 2 is 2.21 bits per heavy atom. The highest BCUT2D eigenvalue weighted by atomic mass is 32.1. The Bertz CT molecular complexity index is 501. The molecular formula is C8H8N2O2S2. The summed E-state index contributed by atoms with van der Waals surface area (Å²) in [6, 6.07) is 0. The fourth-order valence-corrected chi connectivity index (χ4v) is 3.25. The number of carbonyl (C=O) groups excluding carboxylic acids is 1. The molecule has 0 aliphatic rings. The number of thiophene rings is 1. The Labute approximate surface area is 88.3 Å². The van der Waals surface area contributed by atoms with Crippen LogP contribution in [0.1, 0.15) is 14.7 Å². The number of nitrogens with zero attached hydrogens (tertiary/aromatic N) is 1. The first kappa shape index (κ1) is 9.42. The zero-order valence-corrected chi connectivity index (χ0v) is 9.29. The second-order valence-electron chi connectivity index (χ2n) is 2.70. The number of thiazole rings is 1. The van der Waals surface area contributed by atoms with Gasteiger partial charge >= 0.3 is 5.97 Å². The number of rotatable bonds is 1. The number of esters is 1. The van der Waals surface area contributed by atoms with Gasteiger partial charge in [0.1, 0.15) is 9.71 Å². The van der Waals surface area contributed by atoms with Crippen LogP contribution in [0, 0.1) is 6.92 Å². The van der Waals surface area contributed by atoms with Crippen LogP contribution in [0.2, 0.25) is 0 Å². The third-order valence-corrected chi connectivity index (χ3v) is 3.97. The van der Waals surface area contributed by atoms with E-state index in [4.69, 9.17) is 5.73 Å². The van der Waals surface area contributed by atoms with Gasteiger partial charge in [0.25, 0.3) is 0 Å². The summed E-state index contributed by atoms with van der Waals surface area (Å²) in [6.45, 7) is 1.91. The molecular weight excluding hydrogens is 220 g/mol. The molecule has 0 saturated carbocycles. The lowest BCUT2D eigenvalue weighted by Crippen LogP contribution is -2.01. The van der Waals surface area contributed by atoms with Gasteiger partial charge in [-0.1, -0.05) is 0 Å². The summed E-state index contributed by atoms with van der Waals surface area (Å²) in [4.78, 5) is 16.8. The van der Waals surface area contributed by atoms with Gasteiger partial charge in [0.05, 0.1) is 22.5 Å². The smallest absolute Gasteiger partial charge is 0.350 e. The largest absolute Gasteiger partial charge is 0.465 e. The number of hydrogen-bond acceptors (Lipinski definition) is 6. The van der Waals surface area contributed by atoms with E-state index in [2.05, 4.69) is 9.72 Å². The summed E-state index contributed by atoms with van der Waals surface area (Å²) in [5.41, 5.74) is 6.30. The fraction of sp³-hybridized carbons (Fsp3) is 0.250. The van der Waals surface area contributed by atoms with Gasteiger partial charge in [0.15, 0.2) is 0 Å². The molecule has 0 fully saturated rings. The monoisotopic (exact) mass is 228 g/mol. The number of hydrogen-bond donors (Lipinski definition) is 1. The highest BCUT2D eigenvalue weighted by Crippen LogP contribution is 2.37. The quantitative estimate of drug-likeness (QED) is 0.758. The van der Waals surface area contributed by atoms with Crippen molar-refractivity contribution in [3.63, 3.8) is 0 Å². The predicted octanol–water partition coefficient (Wildman–Crippen LogP) is 2.04. The first-order valence-electron chi connectivity index (χ1n) is 3.87. The van der Waals surface area contributed by atoms with Crippen LogP contribution in [0.25, 0.3) is 9.53 Å². The summed E-state index contributed by atoms with van der Waals surface area (Å²) in [6.07, 6.45) is 0. The van der Waals surface area contributed by atoms with E-state index in [0.717, 1.165) is 14.5 Å². The first-order chi connectivity index (χ1) is 6.63. The molecule has 4 nitrogen and oxygen atoms in total. The van der Waals surface area contributed by atoms with Crippen LogP contribution >= 0.6 is 22.7 Å². The zero-order valence-electron chi connectivity index (χ0n) is 7.66. The lowest BCUT2D eigenvalue weighted by atomic mass is 10.4. The minimum atomic E-state index is -0.393. The van der Waals surface area contributed by atoms with E-state index in [1.54, 1.807) is 0 Å². The molecule has 0 radical (unpaired) electrons.